The van der Waals surface area contributed by atoms with Gasteiger partial charge in [0.1, 0.15) is 0 Å². The first kappa shape index (κ1) is 39.5. The lowest BCUT2D eigenvalue weighted by molar-refractivity contribution is 0.124. The number of unbranched alkanes of at least 4 members (excludes halogenated alkanes) is 26. The van der Waals surface area contributed by atoms with Crippen molar-refractivity contribution in [3.63, 3.8) is 0 Å². The Bertz CT molecular complexity index is 549. The van der Waals surface area contributed by atoms with Crippen LogP contribution in [0.15, 0.2) is 4.99 Å². The van der Waals surface area contributed by atoms with E-state index < -0.39 is 0 Å². The van der Waals surface area contributed by atoms with Crippen LogP contribution in [0.1, 0.15) is 213 Å². The predicted molar refractivity (Wildman–Crippen MR) is 189 cm³/mol. The highest BCUT2D eigenvalue weighted by atomic mass is 16.5. The van der Waals surface area contributed by atoms with E-state index in [1.807, 2.05) is 0 Å². The number of hydrogen-bond donors (Lipinski definition) is 1. The molecule has 1 heterocycles. The molecule has 0 aromatic carbocycles. The second-order valence-corrected chi connectivity index (χ2v) is 13.6. The summed E-state index contributed by atoms with van der Waals surface area (Å²) in [6.45, 7) is 8.51. The second-order valence-electron chi connectivity index (χ2n) is 13.6. The molecule has 250 valence electrons. The molecular formula is C39H78N2O. The summed E-state index contributed by atoms with van der Waals surface area (Å²) in [5.41, 5.74) is 0. The molecule has 0 aliphatic carbocycles. The van der Waals surface area contributed by atoms with E-state index in [4.69, 9.17) is 9.73 Å². The van der Waals surface area contributed by atoms with Gasteiger partial charge >= 0.3 is 0 Å². The number of rotatable bonds is 35. The fourth-order valence-electron chi connectivity index (χ4n) is 6.63. The molecule has 0 saturated heterocycles. The first-order valence-electron chi connectivity index (χ1n) is 19.7. The maximum atomic E-state index is 6.02. The third-order valence-corrected chi connectivity index (χ3v) is 9.48. The Morgan fingerprint density at radius 3 is 1.24 bits per heavy atom. The summed E-state index contributed by atoms with van der Waals surface area (Å²) in [4.78, 5) is 4.78. The molecule has 0 saturated carbocycles. The fraction of sp³-hybridized carbons (Fsp3) is 0.974. The van der Waals surface area contributed by atoms with Gasteiger partial charge in [-0.3, -0.25) is 4.99 Å². The highest BCUT2D eigenvalue weighted by molar-refractivity contribution is 5.85. The maximum Gasteiger partial charge on any atom is 0.0995 e. The van der Waals surface area contributed by atoms with Gasteiger partial charge in [-0.1, -0.05) is 187 Å². The highest BCUT2D eigenvalue weighted by Gasteiger charge is 2.18. The van der Waals surface area contributed by atoms with Crippen molar-refractivity contribution in [3.8, 4) is 0 Å². The molecule has 0 fully saturated rings. The quantitative estimate of drug-likeness (QED) is 0.0745. The molecule has 3 heteroatoms. The number of hydrogen-bond acceptors (Lipinski definition) is 3. The Hall–Kier alpha value is -0.570. The Labute approximate surface area is 265 Å². The normalized spacial score (nSPS) is 13.9. The summed E-state index contributed by atoms with van der Waals surface area (Å²) in [5, 5.41) is 3.57. The molecule has 1 unspecified atom stereocenters. The van der Waals surface area contributed by atoms with Gasteiger partial charge in [0.05, 0.1) is 12.4 Å². The molecule has 0 aromatic heterocycles. The minimum absolute atomic E-state index is 0.634. The van der Waals surface area contributed by atoms with Crippen molar-refractivity contribution >= 4 is 5.84 Å². The van der Waals surface area contributed by atoms with E-state index >= 15 is 0 Å². The molecule has 42 heavy (non-hydrogen) atoms. The molecule has 0 amide bonds. The van der Waals surface area contributed by atoms with Crippen LogP contribution in [0.25, 0.3) is 0 Å². The van der Waals surface area contributed by atoms with Crippen LogP contribution in [-0.4, -0.2) is 32.1 Å². The van der Waals surface area contributed by atoms with E-state index in [1.54, 1.807) is 0 Å². The van der Waals surface area contributed by atoms with E-state index in [0.717, 1.165) is 26.3 Å². The van der Waals surface area contributed by atoms with Gasteiger partial charge in [-0.2, -0.15) is 0 Å². The average Bonchev–Trinajstić information content (AvgIpc) is 3.54. The zero-order valence-electron chi connectivity index (χ0n) is 29.2. The van der Waals surface area contributed by atoms with Crippen LogP contribution in [0.2, 0.25) is 0 Å². The van der Waals surface area contributed by atoms with Crippen LogP contribution in [-0.2, 0) is 4.74 Å². The maximum absolute atomic E-state index is 6.02. The molecule has 0 spiro atoms. The first-order valence-corrected chi connectivity index (χ1v) is 19.7. The van der Waals surface area contributed by atoms with Gasteiger partial charge in [-0.25, -0.2) is 0 Å². The van der Waals surface area contributed by atoms with Crippen molar-refractivity contribution in [2.24, 2.45) is 10.9 Å². The van der Waals surface area contributed by atoms with Crippen LogP contribution in [0.3, 0.4) is 0 Å². The SMILES string of the molecule is CCCCCCCCCCCCCCCCOCCCC(CCCCCCCCCCCCCCCC)C1=NCCN1. The zero-order valence-corrected chi connectivity index (χ0v) is 29.2. The van der Waals surface area contributed by atoms with Crippen molar-refractivity contribution in [3.05, 3.63) is 0 Å². The van der Waals surface area contributed by atoms with E-state index in [9.17, 15) is 0 Å². The van der Waals surface area contributed by atoms with Crippen molar-refractivity contribution in [1.29, 1.82) is 0 Å². The summed E-state index contributed by atoms with van der Waals surface area (Å²) in [5.74, 6) is 1.94. The van der Waals surface area contributed by atoms with Crippen LogP contribution in [0, 0.1) is 5.92 Å². The zero-order chi connectivity index (χ0) is 30.0. The van der Waals surface area contributed by atoms with Gasteiger partial charge in [-0.05, 0) is 25.7 Å². The van der Waals surface area contributed by atoms with E-state index in [0.29, 0.717) is 5.92 Å². The lowest BCUT2D eigenvalue weighted by Gasteiger charge is -2.17. The molecule has 1 atom stereocenters. The minimum Gasteiger partial charge on any atom is -0.381 e. The van der Waals surface area contributed by atoms with E-state index in [-0.39, 0.29) is 0 Å². The van der Waals surface area contributed by atoms with Crippen LogP contribution < -0.4 is 5.32 Å². The molecule has 0 radical (unpaired) electrons. The molecule has 1 N–H and O–H groups in total. The molecular weight excluding hydrogens is 512 g/mol. The van der Waals surface area contributed by atoms with E-state index in [2.05, 4.69) is 19.2 Å². The summed E-state index contributed by atoms with van der Waals surface area (Å²) in [6.07, 6.45) is 43.7. The molecule has 3 nitrogen and oxygen atoms in total. The van der Waals surface area contributed by atoms with Crippen LogP contribution >= 0.6 is 0 Å². The lowest BCUT2D eigenvalue weighted by Crippen LogP contribution is -2.27. The summed E-state index contributed by atoms with van der Waals surface area (Å²) >= 11 is 0. The van der Waals surface area contributed by atoms with Gasteiger partial charge in [0.2, 0.25) is 0 Å². The van der Waals surface area contributed by atoms with Gasteiger partial charge in [0.25, 0.3) is 0 Å². The average molecular weight is 591 g/mol. The Kier molecular flexibility index (Phi) is 31.3. The summed E-state index contributed by atoms with van der Waals surface area (Å²) < 4.78 is 6.02. The standard InChI is InChI=1S/C39H78N2O/c1-3-5-7-9-11-13-15-17-19-21-23-25-27-29-32-38(39-40-34-35-41-39)33-31-37-42-36-30-28-26-24-22-20-18-16-14-12-10-8-6-4-2/h38H,3-37H2,1-2H3,(H,40,41). The van der Waals surface area contributed by atoms with Gasteiger partial charge in [0.15, 0.2) is 0 Å². The Balaban J connectivity index is 1.88. The predicted octanol–water partition coefficient (Wildman–Crippen LogP) is 12.8. The number of amidine groups is 1. The fourth-order valence-corrected chi connectivity index (χ4v) is 6.63. The van der Waals surface area contributed by atoms with Gasteiger partial charge in [0, 0.05) is 25.7 Å². The van der Waals surface area contributed by atoms with Crippen molar-refractivity contribution in [1.82, 2.24) is 5.32 Å². The topological polar surface area (TPSA) is 33.6 Å². The molecule has 0 bridgehead atoms. The van der Waals surface area contributed by atoms with Crippen LogP contribution in [0.5, 0.6) is 0 Å². The summed E-state index contributed by atoms with van der Waals surface area (Å²) in [7, 11) is 0. The smallest absolute Gasteiger partial charge is 0.0995 e. The number of ether oxygens (including phenoxy) is 1. The van der Waals surface area contributed by atoms with Crippen molar-refractivity contribution in [2.75, 3.05) is 26.3 Å². The lowest BCUT2D eigenvalue weighted by atomic mass is 9.94. The van der Waals surface area contributed by atoms with Crippen molar-refractivity contribution < 1.29 is 4.74 Å². The molecule has 1 rings (SSSR count). The largest absolute Gasteiger partial charge is 0.381 e. The summed E-state index contributed by atoms with van der Waals surface area (Å²) in [6, 6.07) is 0. The highest BCUT2D eigenvalue weighted by Crippen LogP contribution is 2.20. The number of nitrogens with one attached hydrogen (secondary N) is 1. The minimum atomic E-state index is 0.634. The molecule has 1 aliphatic heterocycles. The molecule has 0 aromatic rings. The third-order valence-electron chi connectivity index (χ3n) is 9.48. The third kappa shape index (κ3) is 27.0. The van der Waals surface area contributed by atoms with Gasteiger partial charge in [-0.15, -0.1) is 0 Å². The van der Waals surface area contributed by atoms with Crippen LogP contribution in [0.4, 0.5) is 0 Å². The Morgan fingerprint density at radius 1 is 0.476 bits per heavy atom. The number of aliphatic imine (C=N–C) groups is 1. The van der Waals surface area contributed by atoms with E-state index in [1.165, 1.54) is 205 Å². The Morgan fingerprint density at radius 2 is 0.833 bits per heavy atom. The van der Waals surface area contributed by atoms with Gasteiger partial charge < -0.3 is 10.1 Å². The second kappa shape index (κ2) is 33.3. The van der Waals surface area contributed by atoms with Crippen molar-refractivity contribution in [2.45, 2.75) is 213 Å². The first-order chi connectivity index (χ1) is 20.9. The monoisotopic (exact) mass is 591 g/mol. The molecule has 1 aliphatic rings. The number of nitrogens with zero attached hydrogens (tertiary/aromatic N) is 1.